The van der Waals surface area contributed by atoms with Gasteiger partial charge in [0.15, 0.2) is 12.2 Å². The quantitative estimate of drug-likeness (QED) is 0.804. The van der Waals surface area contributed by atoms with Gasteiger partial charge in [0, 0.05) is 13.0 Å². The molecule has 88 valence electrons. The SMILES string of the molecule is O=S(=O)(COC1CCCO1)c1ccccc1. The van der Waals surface area contributed by atoms with Crippen LogP contribution in [0.4, 0.5) is 0 Å². The molecule has 0 aromatic heterocycles. The molecule has 16 heavy (non-hydrogen) atoms. The molecule has 1 aliphatic rings. The van der Waals surface area contributed by atoms with Crippen molar-refractivity contribution in [1.29, 1.82) is 0 Å². The van der Waals surface area contributed by atoms with Crippen LogP contribution in [0.2, 0.25) is 0 Å². The smallest absolute Gasteiger partial charge is 0.202 e. The molecule has 1 aromatic carbocycles. The summed E-state index contributed by atoms with van der Waals surface area (Å²) in [7, 11) is -3.35. The van der Waals surface area contributed by atoms with Crippen molar-refractivity contribution >= 4 is 9.84 Å². The molecule has 1 heterocycles. The summed E-state index contributed by atoms with van der Waals surface area (Å²) in [5.41, 5.74) is 0. The van der Waals surface area contributed by atoms with E-state index in [0.29, 0.717) is 6.61 Å². The second kappa shape index (κ2) is 4.95. The van der Waals surface area contributed by atoms with Gasteiger partial charge in [-0.2, -0.15) is 0 Å². The van der Waals surface area contributed by atoms with Crippen molar-refractivity contribution in [2.45, 2.75) is 24.0 Å². The summed E-state index contributed by atoms with van der Waals surface area (Å²) in [5.74, 6) is -0.318. The summed E-state index contributed by atoms with van der Waals surface area (Å²) in [6, 6.07) is 8.29. The molecule has 0 aliphatic carbocycles. The first kappa shape index (κ1) is 11.6. The van der Waals surface area contributed by atoms with Crippen molar-refractivity contribution in [2.75, 3.05) is 12.5 Å². The first-order chi connectivity index (χ1) is 7.68. The van der Waals surface area contributed by atoms with Gasteiger partial charge in [-0.05, 0) is 18.6 Å². The van der Waals surface area contributed by atoms with E-state index >= 15 is 0 Å². The van der Waals surface area contributed by atoms with E-state index in [1.165, 1.54) is 0 Å². The molecule has 4 nitrogen and oxygen atoms in total. The van der Waals surface area contributed by atoms with Crippen molar-refractivity contribution in [3.63, 3.8) is 0 Å². The molecule has 0 saturated carbocycles. The summed E-state index contributed by atoms with van der Waals surface area (Å²) in [6.45, 7) is 0.649. The summed E-state index contributed by atoms with van der Waals surface area (Å²) in [6.07, 6.45) is 1.33. The molecular formula is C11H14O4S. The van der Waals surface area contributed by atoms with E-state index in [1.807, 2.05) is 0 Å². The van der Waals surface area contributed by atoms with Crippen LogP contribution in [-0.2, 0) is 19.3 Å². The minimum absolute atomic E-state index is 0.285. The van der Waals surface area contributed by atoms with Crippen molar-refractivity contribution in [3.05, 3.63) is 30.3 Å². The zero-order valence-electron chi connectivity index (χ0n) is 8.83. The largest absolute Gasteiger partial charge is 0.353 e. The molecule has 0 amide bonds. The normalized spacial score (nSPS) is 21.1. The van der Waals surface area contributed by atoms with Crippen molar-refractivity contribution < 1.29 is 17.9 Å². The Morgan fingerprint density at radius 1 is 1.31 bits per heavy atom. The van der Waals surface area contributed by atoms with E-state index in [0.717, 1.165) is 12.8 Å². The molecule has 0 radical (unpaired) electrons. The lowest BCUT2D eigenvalue weighted by molar-refractivity contribution is -0.0954. The van der Waals surface area contributed by atoms with E-state index in [1.54, 1.807) is 30.3 Å². The van der Waals surface area contributed by atoms with Gasteiger partial charge in [-0.3, -0.25) is 0 Å². The first-order valence-electron chi connectivity index (χ1n) is 5.19. The van der Waals surface area contributed by atoms with Gasteiger partial charge in [-0.1, -0.05) is 18.2 Å². The highest BCUT2D eigenvalue weighted by molar-refractivity contribution is 7.91. The maximum Gasteiger partial charge on any atom is 0.202 e. The van der Waals surface area contributed by atoms with Crippen LogP contribution < -0.4 is 0 Å². The molecule has 2 rings (SSSR count). The van der Waals surface area contributed by atoms with Gasteiger partial charge in [0.1, 0.15) is 0 Å². The van der Waals surface area contributed by atoms with E-state index in [2.05, 4.69) is 0 Å². The Hall–Kier alpha value is -0.910. The lowest BCUT2D eigenvalue weighted by Gasteiger charge is -2.11. The molecule has 1 atom stereocenters. The molecule has 0 bridgehead atoms. The third kappa shape index (κ3) is 2.81. The Kier molecular flexibility index (Phi) is 3.58. The maximum atomic E-state index is 11.8. The summed E-state index contributed by atoms with van der Waals surface area (Å²) >= 11 is 0. The second-order valence-corrected chi connectivity index (χ2v) is 5.59. The van der Waals surface area contributed by atoms with Crippen LogP contribution in [0.25, 0.3) is 0 Å². The van der Waals surface area contributed by atoms with Crippen LogP contribution in [0.1, 0.15) is 12.8 Å². The van der Waals surface area contributed by atoms with Crippen molar-refractivity contribution in [1.82, 2.24) is 0 Å². The highest BCUT2D eigenvalue weighted by atomic mass is 32.2. The number of ether oxygens (including phenoxy) is 2. The topological polar surface area (TPSA) is 52.6 Å². The van der Waals surface area contributed by atoms with Gasteiger partial charge in [0.2, 0.25) is 9.84 Å². The molecule has 1 saturated heterocycles. The van der Waals surface area contributed by atoms with Crippen LogP contribution in [0.15, 0.2) is 35.2 Å². The van der Waals surface area contributed by atoms with Crippen LogP contribution in [0.5, 0.6) is 0 Å². The number of hydrogen-bond acceptors (Lipinski definition) is 4. The van der Waals surface area contributed by atoms with Gasteiger partial charge >= 0.3 is 0 Å². The minimum Gasteiger partial charge on any atom is -0.353 e. The second-order valence-electron chi connectivity index (χ2n) is 3.65. The Labute approximate surface area is 95.1 Å². The lowest BCUT2D eigenvalue weighted by Crippen LogP contribution is -2.17. The summed E-state index contributed by atoms with van der Waals surface area (Å²) in [4.78, 5) is 0.285. The summed E-state index contributed by atoms with van der Waals surface area (Å²) in [5, 5.41) is 0. The van der Waals surface area contributed by atoms with E-state index in [-0.39, 0.29) is 17.1 Å². The fraction of sp³-hybridized carbons (Fsp3) is 0.455. The molecule has 5 heteroatoms. The predicted molar refractivity (Wildman–Crippen MR) is 58.6 cm³/mol. The van der Waals surface area contributed by atoms with Crippen molar-refractivity contribution in [3.8, 4) is 0 Å². The average molecular weight is 242 g/mol. The third-order valence-corrected chi connectivity index (χ3v) is 3.84. The third-order valence-electron chi connectivity index (χ3n) is 2.40. The number of rotatable bonds is 4. The van der Waals surface area contributed by atoms with Crippen LogP contribution in [0.3, 0.4) is 0 Å². The monoisotopic (exact) mass is 242 g/mol. The maximum absolute atomic E-state index is 11.8. The predicted octanol–water partition coefficient (Wildman–Crippen LogP) is 1.57. The Morgan fingerprint density at radius 2 is 2.06 bits per heavy atom. The van der Waals surface area contributed by atoms with Crippen LogP contribution in [0, 0.1) is 0 Å². The first-order valence-corrected chi connectivity index (χ1v) is 6.85. The molecule has 0 spiro atoms. The van der Waals surface area contributed by atoms with E-state index in [9.17, 15) is 8.42 Å². The van der Waals surface area contributed by atoms with Gasteiger partial charge in [0.25, 0.3) is 0 Å². The minimum atomic E-state index is -3.35. The highest BCUT2D eigenvalue weighted by Crippen LogP contribution is 2.16. The van der Waals surface area contributed by atoms with Gasteiger partial charge in [0.05, 0.1) is 4.90 Å². The summed E-state index contributed by atoms with van der Waals surface area (Å²) < 4.78 is 34.0. The van der Waals surface area contributed by atoms with Gasteiger partial charge in [-0.25, -0.2) is 8.42 Å². The van der Waals surface area contributed by atoms with Crippen LogP contribution in [-0.4, -0.2) is 27.3 Å². The number of benzene rings is 1. The van der Waals surface area contributed by atoms with Crippen LogP contribution >= 0.6 is 0 Å². The molecule has 1 aromatic rings. The van der Waals surface area contributed by atoms with Crippen molar-refractivity contribution in [2.24, 2.45) is 0 Å². The Bertz CT molecular complexity index is 421. The van der Waals surface area contributed by atoms with E-state index in [4.69, 9.17) is 9.47 Å². The standard InChI is InChI=1S/C11H14O4S/c12-16(13,10-5-2-1-3-6-10)9-15-11-7-4-8-14-11/h1-3,5-6,11H,4,7-9H2. The molecular weight excluding hydrogens is 228 g/mol. The Balaban J connectivity index is 1.98. The number of sulfone groups is 1. The zero-order chi connectivity index (χ0) is 11.4. The average Bonchev–Trinajstić information content (AvgIpc) is 2.81. The number of hydrogen-bond donors (Lipinski definition) is 0. The molecule has 1 aliphatic heterocycles. The zero-order valence-corrected chi connectivity index (χ0v) is 9.65. The Morgan fingerprint density at radius 3 is 2.69 bits per heavy atom. The van der Waals surface area contributed by atoms with Gasteiger partial charge in [-0.15, -0.1) is 0 Å². The molecule has 1 unspecified atom stereocenters. The van der Waals surface area contributed by atoms with E-state index < -0.39 is 9.84 Å². The lowest BCUT2D eigenvalue weighted by atomic mass is 10.4. The van der Waals surface area contributed by atoms with Gasteiger partial charge < -0.3 is 9.47 Å². The fourth-order valence-electron chi connectivity index (χ4n) is 1.54. The fourth-order valence-corrected chi connectivity index (χ4v) is 2.58. The highest BCUT2D eigenvalue weighted by Gasteiger charge is 2.20. The molecule has 0 N–H and O–H groups in total. The molecule has 1 fully saturated rings.